The molecule has 66 valence electrons. The van der Waals surface area contributed by atoms with Gasteiger partial charge in [-0.1, -0.05) is 0 Å². The van der Waals surface area contributed by atoms with Gasteiger partial charge in [0.2, 0.25) is 0 Å². The number of hydrogen-bond donors (Lipinski definition) is 3. The minimum Gasteiger partial charge on any atom is -0.508 e. The summed E-state index contributed by atoms with van der Waals surface area (Å²) in [6.45, 7) is 0. The van der Waals surface area contributed by atoms with E-state index in [9.17, 15) is 5.11 Å². The zero-order chi connectivity index (χ0) is 9.42. The summed E-state index contributed by atoms with van der Waals surface area (Å²) in [6, 6.07) is 6.92. The standard InChI is InChI=1S/C9H8N2OS/c10-9(11)8-4-5-3-6(12)1-2-7(5)13-8/h1-4,12H,(H3,10,11). The third-order valence-corrected chi connectivity index (χ3v) is 2.91. The minimum atomic E-state index is 0.0701. The molecule has 2 aromatic rings. The van der Waals surface area contributed by atoms with Crippen molar-refractivity contribution in [1.29, 1.82) is 5.41 Å². The lowest BCUT2D eigenvalue weighted by Crippen LogP contribution is -2.08. The molecular formula is C9H8N2OS. The van der Waals surface area contributed by atoms with Crippen molar-refractivity contribution in [2.75, 3.05) is 0 Å². The Morgan fingerprint density at radius 3 is 2.85 bits per heavy atom. The molecule has 2 rings (SSSR count). The van der Waals surface area contributed by atoms with E-state index in [1.807, 2.05) is 12.1 Å². The van der Waals surface area contributed by atoms with E-state index in [1.54, 1.807) is 12.1 Å². The third kappa shape index (κ3) is 1.36. The van der Waals surface area contributed by atoms with E-state index in [0.29, 0.717) is 0 Å². The Kier molecular flexibility index (Phi) is 1.70. The number of amidine groups is 1. The summed E-state index contributed by atoms with van der Waals surface area (Å²) in [5.74, 6) is 0.307. The molecule has 0 fully saturated rings. The van der Waals surface area contributed by atoms with Crippen LogP contribution < -0.4 is 5.73 Å². The van der Waals surface area contributed by atoms with E-state index in [-0.39, 0.29) is 11.6 Å². The Morgan fingerprint density at radius 2 is 2.15 bits per heavy atom. The van der Waals surface area contributed by atoms with Crippen molar-refractivity contribution < 1.29 is 5.11 Å². The molecule has 0 radical (unpaired) electrons. The van der Waals surface area contributed by atoms with Crippen LogP contribution in [0.25, 0.3) is 10.1 Å². The molecule has 0 saturated carbocycles. The van der Waals surface area contributed by atoms with Crippen LogP contribution in [-0.4, -0.2) is 10.9 Å². The minimum absolute atomic E-state index is 0.0701. The van der Waals surface area contributed by atoms with Gasteiger partial charge in [-0.25, -0.2) is 0 Å². The summed E-state index contributed by atoms with van der Waals surface area (Å²) < 4.78 is 1.03. The van der Waals surface area contributed by atoms with Gasteiger partial charge in [0, 0.05) is 4.70 Å². The molecule has 3 nitrogen and oxygen atoms in total. The molecule has 0 aliphatic rings. The van der Waals surface area contributed by atoms with Crippen LogP contribution in [-0.2, 0) is 0 Å². The molecule has 0 amide bonds. The Labute approximate surface area is 78.9 Å². The normalized spacial score (nSPS) is 10.5. The molecule has 1 aromatic carbocycles. The highest BCUT2D eigenvalue weighted by Gasteiger charge is 2.03. The van der Waals surface area contributed by atoms with Crippen molar-refractivity contribution in [2.45, 2.75) is 0 Å². The van der Waals surface area contributed by atoms with E-state index < -0.39 is 0 Å². The molecule has 4 heteroatoms. The highest BCUT2D eigenvalue weighted by atomic mass is 32.1. The van der Waals surface area contributed by atoms with Gasteiger partial charge < -0.3 is 10.8 Å². The first-order valence-electron chi connectivity index (χ1n) is 3.74. The Bertz CT molecular complexity index is 475. The quantitative estimate of drug-likeness (QED) is 0.477. The number of aromatic hydroxyl groups is 1. The lowest BCUT2D eigenvalue weighted by Gasteiger charge is -1.89. The van der Waals surface area contributed by atoms with E-state index in [4.69, 9.17) is 11.1 Å². The third-order valence-electron chi connectivity index (χ3n) is 1.77. The van der Waals surface area contributed by atoms with Crippen molar-refractivity contribution in [3.05, 3.63) is 29.1 Å². The zero-order valence-electron chi connectivity index (χ0n) is 6.74. The van der Waals surface area contributed by atoms with Crippen LogP contribution in [0.5, 0.6) is 5.75 Å². The van der Waals surface area contributed by atoms with Gasteiger partial charge in [-0.05, 0) is 29.7 Å². The summed E-state index contributed by atoms with van der Waals surface area (Å²) in [5.41, 5.74) is 5.35. The molecule has 13 heavy (non-hydrogen) atoms. The molecule has 1 aromatic heterocycles. The van der Waals surface area contributed by atoms with Crippen LogP contribution in [0.1, 0.15) is 4.88 Å². The second-order valence-corrected chi connectivity index (χ2v) is 3.83. The predicted octanol–water partition coefficient (Wildman–Crippen LogP) is 1.89. The number of nitrogens with two attached hydrogens (primary N) is 1. The summed E-state index contributed by atoms with van der Waals surface area (Å²) in [4.78, 5) is 0.737. The predicted molar refractivity (Wildman–Crippen MR) is 54.5 cm³/mol. The van der Waals surface area contributed by atoms with E-state index >= 15 is 0 Å². The van der Waals surface area contributed by atoms with Crippen molar-refractivity contribution in [1.82, 2.24) is 0 Å². The van der Waals surface area contributed by atoms with Crippen molar-refractivity contribution >= 4 is 27.3 Å². The number of benzene rings is 1. The number of thiophene rings is 1. The van der Waals surface area contributed by atoms with Gasteiger partial charge in [0.05, 0.1) is 4.88 Å². The molecule has 0 unspecified atom stereocenters. The van der Waals surface area contributed by atoms with Gasteiger partial charge in [-0.15, -0.1) is 11.3 Å². The van der Waals surface area contributed by atoms with Gasteiger partial charge >= 0.3 is 0 Å². The number of phenolic OH excluding ortho intramolecular Hbond substituents is 1. The Balaban J connectivity index is 2.68. The lowest BCUT2D eigenvalue weighted by molar-refractivity contribution is 0.476. The highest BCUT2D eigenvalue weighted by Crippen LogP contribution is 2.27. The van der Waals surface area contributed by atoms with Gasteiger partial charge in [0.1, 0.15) is 11.6 Å². The number of rotatable bonds is 1. The first-order valence-corrected chi connectivity index (χ1v) is 4.55. The molecule has 1 heterocycles. The maximum Gasteiger partial charge on any atom is 0.133 e. The Hall–Kier alpha value is -1.55. The molecular weight excluding hydrogens is 184 g/mol. The van der Waals surface area contributed by atoms with Crippen LogP contribution in [0.3, 0.4) is 0 Å². The number of fused-ring (bicyclic) bond motifs is 1. The largest absolute Gasteiger partial charge is 0.508 e. The number of hydrogen-bond acceptors (Lipinski definition) is 3. The summed E-state index contributed by atoms with van der Waals surface area (Å²) in [7, 11) is 0. The molecule has 0 atom stereocenters. The smallest absolute Gasteiger partial charge is 0.133 e. The molecule has 0 bridgehead atoms. The second kappa shape index (κ2) is 2.74. The molecule has 0 aliphatic carbocycles. The zero-order valence-corrected chi connectivity index (χ0v) is 7.56. The van der Waals surface area contributed by atoms with Crippen LogP contribution in [0.4, 0.5) is 0 Å². The summed E-state index contributed by atoms with van der Waals surface area (Å²) >= 11 is 1.45. The number of nitrogens with one attached hydrogen (secondary N) is 1. The van der Waals surface area contributed by atoms with Gasteiger partial charge in [0.15, 0.2) is 0 Å². The highest BCUT2D eigenvalue weighted by molar-refractivity contribution is 7.20. The van der Waals surface area contributed by atoms with Gasteiger partial charge in [-0.2, -0.15) is 0 Å². The summed E-state index contributed by atoms with van der Waals surface area (Å²) in [6.07, 6.45) is 0. The summed E-state index contributed by atoms with van der Waals surface area (Å²) in [5, 5.41) is 17.4. The first kappa shape index (κ1) is 8.07. The topological polar surface area (TPSA) is 70.1 Å². The fourth-order valence-electron chi connectivity index (χ4n) is 1.16. The van der Waals surface area contributed by atoms with Crippen molar-refractivity contribution in [2.24, 2.45) is 5.73 Å². The SMILES string of the molecule is N=C(N)c1cc2cc(O)ccc2s1. The lowest BCUT2D eigenvalue weighted by atomic mass is 10.2. The fourth-order valence-corrected chi connectivity index (χ4v) is 2.07. The van der Waals surface area contributed by atoms with Crippen LogP contribution in [0.15, 0.2) is 24.3 Å². The molecule has 4 N–H and O–H groups in total. The molecule has 0 spiro atoms. The maximum absolute atomic E-state index is 9.20. The second-order valence-electron chi connectivity index (χ2n) is 2.75. The van der Waals surface area contributed by atoms with Crippen LogP contribution >= 0.6 is 11.3 Å². The first-order chi connectivity index (χ1) is 6.16. The molecule has 0 aliphatic heterocycles. The van der Waals surface area contributed by atoms with E-state index in [2.05, 4.69) is 0 Å². The van der Waals surface area contributed by atoms with E-state index in [1.165, 1.54) is 11.3 Å². The maximum atomic E-state index is 9.20. The molecule has 0 saturated heterocycles. The van der Waals surface area contributed by atoms with Crippen molar-refractivity contribution in [3.8, 4) is 5.75 Å². The van der Waals surface area contributed by atoms with Gasteiger partial charge in [-0.3, -0.25) is 5.41 Å². The Morgan fingerprint density at radius 1 is 1.38 bits per heavy atom. The average Bonchev–Trinajstić information content (AvgIpc) is 2.46. The van der Waals surface area contributed by atoms with Crippen LogP contribution in [0.2, 0.25) is 0 Å². The van der Waals surface area contributed by atoms with Crippen LogP contribution in [0, 0.1) is 5.41 Å². The van der Waals surface area contributed by atoms with E-state index in [0.717, 1.165) is 15.0 Å². The average molecular weight is 192 g/mol. The number of nitrogen functional groups attached to an aromatic ring is 1. The number of phenols is 1. The fraction of sp³-hybridized carbons (Fsp3) is 0. The monoisotopic (exact) mass is 192 g/mol. The van der Waals surface area contributed by atoms with Crippen molar-refractivity contribution in [3.63, 3.8) is 0 Å². The van der Waals surface area contributed by atoms with Gasteiger partial charge in [0.25, 0.3) is 0 Å².